The third-order valence-corrected chi connectivity index (χ3v) is 5.96. The Morgan fingerprint density at radius 1 is 1.00 bits per heavy atom. The highest BCUT2D eigenvalue weighted by Gasteiger charge is 2.26. The maximum atomic E-state index is 13.5. The van der Waals surface area contributed by atoms with Crippen molar-refractivity contribution in [1.29, 1.82) is 0 Å². The van der Waals surface area contributed by atoms with Crippen molar-refractivity contribution in [3.05, 3.63) is 65.7 Å². The van der Waals surface area contributed by atoms with E-state index in [-0.39, 0.29) is 12.1 Å². The third kappa shape index (κ3) is 5.27. The molecule has 4 rings (SSSR count). The van der Waals surface area contributed by atoms with E-state index in [1.54, 1.807) is 6.07 Å². The number of carbonyl (C=O) groups is 1. The van der Waals surface area contributed by atoms with Crippen molar-refractivity contribution in [3.63, 3.8) is 0 Å². The quantitative estimate of drug-likeness (QED) is 0.762. The van der Waals surface area contributed by atoms with Crippen molar-refractivity contribution in [2.45, 2.75) is 25.4 Å². The second-order valence-corrected chi connectivity index (χ2v) is 8.26. The van der Waals surface area contributed by atoms with Crippen LogP contribution in [0.1, 0.15) is 18.4 Å². The first-order valence-corrected chi connectivity index (χ1v) is 10.6. The molecule has 2 aromatic carbocycles. The van der Waals surface area contributed by atoms with Gasteiger partial charge in [0.25, 0.3) is 0 Å². The number of hydrogen-bond acceptors (Lipinski definition) is 3. The van der Waals surface area contributed by atoms with Crippen molar-refractivity contribution >= 4 is 11.7 Å². The first-order chi connectivity index (χ1) is 14.6. The van der Waals surface area contributed by atoms with Crippen molar-refractivity contribution in [3.8, 4) is 0 Å². The molecule has 0 unspecified atom stereocenters. The van der Waals surface area contributed by atoms with E-state index < -0.39 is 11.6 Å². The summed E-state index contributed by atoms with van der Waals surface area (Å²) in [4.78, 5) is 16.7. The van der Waals surface area contributed by atoms with Crippen molar-refractivity contribution in [2.24, 2.45) is 5.92 Å². The minimum absolute atomic E-state index is 0.132. The molecule has 2 N–H and O–H groups in total. The van der Waals surface area contributed by atoms with Gasteiger partial charge in [-0.1, -0.05) is 30.3 Å². The highest BCUT2D eigenvalue weighted by atomic mass is 19.2. The lowest BCUT2D eigenvalue weighted by molar-refractivity contribution is 0.234. The molecule has 0 aromatic heterocycles. The number of likely N-dealkylation sites (tertiary alicyclic amines) is 1. The number of carbonyl (C=O) groups excluding carboxylic acids is 1. The summed E-state index contributed by atoms with van der Waals surface area (Å²) in [7, 11) is 0. The molecule has 2 heterocycles. The lowest BCUT2D eigenvalue weighted by atomic mass is 10.1. The second-order valence-electron chi connectivity index (χ2n) is 8.26. The maximum absolute atomic E-state index is 13.5. The van der Waals surface area contributed by atoms with E-state index in [0.29, 0.717) is 18.2 Å². The smallest absolute Gasteiger partial charge is 0.315 e. The van der Waals surface area contributed by atoms with E-state index in [2.05, 4.69) is 27.7 Å². The van der Waals surface area contributed by atoms with Gasteiger partial charge in [0.2, 0.25) is 0 Å². The number of nitrogens with one attached hydrogen (secondary N) is 2. The fraction of sp³-hybridized carbons (Fsp3) is 0.435. The molecule has 5 nitrogen and oxygen atoms in total. The summed E-state index contributed by atoms with van der Waals surface area (Å²) in [6, 6.07) is 14.4. The van der Waals surface area contributed by atoms with E-state index in [9.17, 15) is 13.6 Å². The summed E-state index contributed by atoms with van der Waals surface area (Å²) in [6.45, 7) is 4.81. The molecule has 0 saturated carbocycles. The van der Waals surface area contributed by atoms with E-state index in [0.717, 1.165) is 51.6 Å². The molecular weight excluding hydrogens is 386 g/mol. The zero-order valence-electron chi connectivity index (χ0n) is 17.0. The zero-order chi connectivity index (χ0) is 20.9. The van der Waals surface area contributed by atoms with Crippen LogP contribution in [0.2, 0.25) is 0 Å². The molecule has 0 bridgehead atoms. The number of halogens is 2. The van der Waals surface area contributed by atoms with Crippen LogP contribution in [0.25, 0.3) is 0 Å². The van der Waals surface area contributed by atoms with Gasteiger partial charge in [-0.3, -0.25) is 4.90 Å². The van der Waals surface area contributed by atoms with Crippen LogP contribution in [0.4, 0.5) is 19.3 Å². The predicted octanol–water partition coefficient (Wildman–Crippen LogP) is 3.36. The Morgan fingerprint density at radius 3 is 2.63 bits per heavy atom. The minimum atomic E-state index is -0.831. The van der Waals surface area contributed by atoms with E-state index in [1.807, 2.05) is 23.1 Å². The molecule has 2 amide bonds. The van der Waals surface area contributed by atoms with Crippen LogP contribution in [0.5, 0.6) is 0 Å². The predicted molar refractivity (Wildman–Crippen MR) is 113 cm³/mol. The largest absolute Gasteiger partial charge is 0.371 e. The third-order valence-electron chi connectivity index (χ3n) is 5.96. The maximum Gasteiger partial charge on any atom is 0.315 e. The van der Waals surface area contributed by atoms with Crippen LogP contribution in [0, 0.1) is 17.6 Å². The number of amides is 2. The molecule has 2 aliphatic rings. The Hall–Kier alpha value is -2.67. The summed E-state index contributed by atoms with van der Waals surface area (Å²) in [5.41, 5.74) is 1.97. The first kappa shape index (κ1) is 20.6. The van der Waals surface area contributed by atoms with Crippen LogP contribution in [-0.2, 0) is 6.54 Å². The Kier molecular flexibility index (Phi) is 6.47. The fourth-order valence-electron chi connectivity index (χ4n) is 4.32. The molecule has 30 heavy (non-hydrogen) atoms. The Labute approximate surface area is 176 Å². The van der Waals surface area contributed by atoms with Crippen LogP contribution in [-0.4, -0.2) is 49.7 Å². The Bertz CT molecular complexity index is 864. The topological polar surface area (TPSA) is 47.6 Å². The molecule has 160 valence electrons. The molecule has 2 fully saturated rings. The molecule has 2 aromatic rings. The van der Waals surface area contributed by atoms with Crippen LogP contribution in [0.15, 0.2) is 48.5 Å². The van der Waals surface area contributed by atoms with E-state index >= 15 is 0 Å². The average Bonchev–Trinajstić information content (AvgIpc) is 3.39. The van der Waals surface area contributed by atoms with Gasteiger partial charge in [-0.05, 0) is 36.5 Å². The Balaban J connectivity index is 1.17. The minimum Gasteiger partial charge on any atom is -0.371 e. The van der Waals surface area contributed by atoms with Gasteiger partial charge < -0.3 is 15.5 Å². The van der Waals surface area contributed by atoms with Crippen molar-refractivity contribution in [1.82, 2.24) is 15.5 Å². The monoisotopic (exact) mass is 414 g/mol. The summed E-state index contributed by atoms with van der Waals surface area (Å²) in [5.74, 6) is -1.37. The summed E-state index contributed by atoms with van der Waals surface area (Å²) in [5, 5.41) is 6.06. The van der Waals surface area contributed by atoms with Gasteiger partial charge in [0.15, 0.2) is 11.6 Å². The second kappa shape index (κ2) is 9.43. The van der Waals surface area contributed by atoms with Gasteiger partial charge in [-0.15, -0.1) is 0 Å². The summed E-state index contributed by atoms with van der Waals surface area (Å²) in [6.07, 6.45) is 1.86. The lowest BCUT2D eigenvalue weighted by Crippen LogP contribution is -2.44. The first-order valence-electron chi connectivity index (χ1n) is 10.6. The number of anilines is 1. The standard InChI is InChI=1S/C23H28F2N4O/c24-21-7-6-20(12-22(21)25)29-11-8-18(15-29)13-26-23(30)27-19-9-10-28(16-19)14-17-4-2-1-3-5-17/h1-7,12,18-19H,8-11,13-16H2,(H2,26,27,30)/t18-,19+/m0/s1. The van der Waals surface area contributed by atoms with E-state index in [4.69, 9.17) is 0 Å². The van der Waals surface area contributed by atoms with Gasteiger partial charge in [0, 0.05) is 57.1 Å². The average molecular weight is 415 g/mol. The van der Waals surface area contributed by atoms with Gasteiger partial charge in [0.05, 0.1) is 0 Å². The molecule has 0 radical (unpaired) electrons. The van der Waals surface area contributed by atoms with Crippen molar-refractivity contribution in [2.75, 3.05) is 37.6 Å². The normalized spacial score (nSPS) is 21.7. The van der Waals surface area contributed by atoms with Crippen LogP contribution < -0.4 is 15.5 Å². The van der Waals surface area contributed by atoms with Gasteiger partial charge in [-0.2, -0.15) is 0 Å². The molecule has 2 aliphatic heterocycles. The van der Waals surface area contributed by atoms with Crippen LogP contribution >= 0.6 is 0 Å². The lowest BCUT2D eigenvalue weighted by Gasteiger charge is -2.20. The zero-order valence-corrected chi connectivity index (χ0v) is 17.0. The highest BCUT2D eigenvalue weighted by Crippen LogP contribution is 2.25. The summed E-state index contributed by atoms with van der Waals surface area (Å²) < 4.78 is 26.6. The molecule has 7 heteroatoms. The van der Waals surface area contributed by atoms with Crippen LogP contribution in [0.3, 0.4) is 0 Å². The van der Waals surface area contributed by atoms with Crippen molar-refractivity contribution < 1.29 is 13.6 Å². The molecule has 2 saturated heterocycles. The van der Waals surface area contributed by atoms with E-state index in [1.165, 1.54) is 11.6 Å². The fourth-order valence-corrected chi connectivity index (χ4v) is 4.32. The summed E-state index contributed by atoms with van der Waals surface area (Å²) >= 11 is 0. The molecule has 0 spiro atoms. The number of benzene rings is 2. The number of hydrogen-bond donors (Lipinski definition) is 2. The van der Waals surface area contributed by atoms with Gasteiger partial charge >= 0.3 is 6.03 Å². The number of urea groups is 1. The highest BCUT2D eigenvalue weighted by molar-refractivity contribution is 5.74. The Morgan fingerprint density at radius 2 is 1.83 bits per heavy atom. The molecule has 0 aliphatic carbocycles. The molecule has 2 atom stereocenters. The van der Waals surface area contributed by atoms with Gasteiger partial charge in [-0.25, -0.2) is 13.6 Å². The number of nitrogens with zero attached hydrogens (tertiary/aromatic N) is 2. The number of rotatable bonds is 6. The molecular formula is C23H28F2N4O. The van der Waals surface area contributed by atoms with Gasteiger partial charge in [0.1, 0.15) is 0 Å². The SMILES string of the molecule is O=C(NC[C@@H]1CCN(c2ccc(F)c(F)c2)C1)N[C@@H]1CCN(Cc2ccccc2)C1.